The summed E-state index contributed by atoms with van der Waals surface area (Å²) in [4.78, 5) is 17.2. The van der Waals surface area contributed by atoms with Crippen LogP contribution in [0.5, 0.6) is 5.75 Å². The number of aromatic nitrogens is 2. The first kappa shape index (κ1) is 18.1. The Morgan fingerprint density at radius 1 is 1.04 bits per heavy atom. The van der Waals surface area contributed by atoms with Gasteiger partial charge >= 0.3 is 0 Å². The SMILES string of the molecule is COc1ccc(-n2c(CNC(=O)c3ccccc3Cl)nc3ccccc32)cc1. The number of amides is 1. The smallest absolute Gasteiger partial charge is 0.253 e. The lowest BCUT2D eigenvalue weighted by Gasteiger charge is -2.11. The van der Waals surface area contributed by atoms with E-state index in [0.29, 0.717) is 10.6 Å². The first-order valence-corrected chi connectivity index (χ1v) is 9.18. The maximum Gasteiger partial charge on any atom is 0.253 e. The molecule has 1 N–H and O–H groups in total. The number of hydrogen-bond acceptors (Lipinski definition) is 3. The van der Waals surface area contributed by atoms with Crippen LogP contribution in [0.25, 0.3) is 16.7 Å². The fourth-order valence-corrected chi connectivity index (χ4v) is 3.34. The van der Waals surface area contributed by atoms with E-state index in [1.807, 2.05) is 53.1 Å². The average molecular weight is 392 g/mol. The number of rotatable bonds is 5. The van der Waals surface area contributed by atoms with Crippen molar-refractivity contribution in [1.82, 2.24) is 14.9 Å². The van der Waals surface area contributed by atoms with E-state index in [9.17, 15) is 4.79 Å². The summed E-state index contributed by atoms with van der Waals surface area (Å²) in [6.45, 7) is 0.269. The number of para-hydroxylation sites is 2. The molecule has 0 aliphatic rings. The van der Waals surface area contributed by atoms with Crippen molar-refractivity contribution >= 4 is 28.5 Å². The molecule has 6 heteroatoms. The van der Waals surface area contributed by atoms with Gasteiger partial charge in [0.05, 0.1) is 35.3 Å². The number of nitrogens with one attached hydrogen (secondary N) is 1. The van der Waals surface area contributed by atoms with E-state index in [4.69, 9.17) is 21.3 Å². The number of carbonyl (C=O) groups excluding carboxylic acids is 1. The van der Waals surface area contributed by atoms with Crippen molar-refractivity contribution in [2.24, 2.45) is 0 Å². The Morgan fingerprint density at radius 3 is 2.50 bits per heavy atom. The number of benzene rings is 3. The van der Waals surface area contributed by atoms with Gasteiger partial charge in [0.15, 0.2) is 0 Å². The van der Waals surface area contributed by atoms with Crippen LogP contribution >= 0.6 is 11.6 Å². The van der Waals surface area contributed by atoms with Crippen molar-refractivity contribution in [2.75, 3.05) is 7.11 Å². The minimum Gasteiger partial charge on any atom is -0.497 e. The number of methoxy groups -OCH3 is 1. The Hall–Kier alpha value is -3.31. The number of ether oxygens (including phenoxy) is 1. The Kier molecular flexibility index (Phi) is 5.00. The van der Waals surface area contributed by atoms with Crippen molar-refractivity contribution < 1.29 is 9.53 Å². The zero-order chi connectivity index (χ0) is 19.5. The van der Waals surface area contributed by atoms with Gasteiger partial charge in [0.25, 0.3) is 5.91 Å². The van der Waals surface area contributed by atoms with Crippen LogP contribution in [0.3, 0.4) is 0 Å². The molecule has 4 rings (SSSR count). The van der Waals surface area contributed by atoms with Crippen molar-refractivity contribution in [3.05, 3.63) is 89.2 Å². The zero-order valence-corrected chi connectivity index (χ0v) is 16.0. The van der Waals surface area contributed by atoms with E-state index < -0.39 is 0 Å². The molecule has 0 radical (unpaired) electrons. The van der Waals surface area contributed by atoms with E-state index in [-0.39, 0.29) is 12.5 Å². The topological polar surface area (TPSA) is 56.1 Å². The molecule has 4 aromatic rings. The number of fused-ring (bicyclic) bond motifs is 1. The number of nitrogens with zero attached hydrogens (tertiary/aromatic N) is 2. The molecule has 140 valence electrons. The highest BCUT2D eigenvalue weighted by molar-refractivity contribution is 6.33. The highest BCUT2D eigenvalue weighted by atomic mass is 35.5. The van der Waals surface area contributed by atoms with Crippen LogP contribution in [0, 0.1) is 0 Å². The molecule has 0 atom stereocenters. The minimum absolute atomic E-state index is 0.237. The third-order valence-electron chi connectivity index (χ3n) is 4.49. The zero-order valence-electron chi connectivity index (χ0n) is 15.2. The van der Waals surface area contributed by atoms with Crippen LogP contribution in [0.2, 0.25) is 5.02 Å². The molecule has 0 unspecified atom stereocenters. The lowest BCUT2D eigenvalue weighted by molar-refractivity contribution is 0.0950. The summed E-state index contributed by atoms with van der Waals surface area (Å²) in [5.41, 5.74) is 3.21. The first-order chi connectivity index (χ1) is 13.7. The molecule has 0 spiro atoms. The predicted octanol–water partition coefficient (Wildman–Crippen LogP) is 4.62. The lowest BCUT2D eigenvalue weighted by Crippen LogP contribution is -2.24. The molecule has 28 heavy (non-hydrogen) atoms. The van der Waals surface area contributed by atoms with Crippen molar-refractivity contribution in [1.29, 1.82) is 0 Å². The van der Waals surface area contributed by atoms with Gasteiger partial charge in [-0.15, -0.1) is 0 Å². The highest BCUT2D eigenvalue weighted by Gasteiger charge is 2.15. The van der Waals surface area contributed by atoms with Crippen LogP contribution in [0.4, 0.5) is 0 Å². The van der Waals surface area contributed by atoms with Crippen molar-refractivity contribution in [3.63, 3.8) is 0 Å². The maximum absolute atomic E-state index is 12.5. The van der Waals surface area contributed by atoms with Gasteiger partial charge in [-0.1, -0.05) is 35.9 Å². The van der Waals surface area contributed by atoms with Gasteiger partial charge in [0.1, 0.15) is 11.6 Å². The van der Waals surface area contributed by atoms with E-state index in [0.717, 1.165) is 28.3 Å². The normalized spacial score (nSPS) is 10.8. The fourth-order valence-electron chi connectivity index (χ4n) is 3.11. The molecule has 0 aliphatic heterocycles. The molecule has 0 bridgehead atoms. The molecule has 0 saturated heterocycles. The van der Waals surface area contributed by atoms with Crippen molar-refractivity contribution in [3.8, 4) is 11.4 Å². The Labute approximate surface area is 167 Å². The summed E-state index contributed by atoms with van der Waals surface area (Å²) in [5.74, 6) is 1.27. The summed E-state index contributed by atoms with van der Waals surface area (Å²) in [6.07, 6.45) is 0. The molecule has 5 nitrogen and oxygen atoms in total. The lowest BCUT2D eigenvalue weighted by atomic mass is 10.2. The van der Waals surface area contributed by atoms with Crippen LogP contribution in [-0.2, 0) is 6.54 Å². The largest absolute Gasteiger partial charge is 0.497 e. The summed E-state index contributed by atoms with van der Waals surface area (Å²) in [7, 11) is 1.64. The molecule has 1 heterocycles. The summed E-state index contributed by atoms with van der Waals surface area (Å²) < 4.78 is 7.28. The minimum atomic E-state index is -0.237. The summed E-state index contributed by atoms with van der Waals surface area (Å²) in [5, 5.41) is 3.34. The number of halogens is 1. The Balaban J connectivity index is 1.68. The maximum atomic E-state index is 12.5. The Morgan fingerprint density at radius 2 is 1.75 bits per heavy atom. The number of hydrogen-bond donors (Lipinski definition) is 1. The second-order valence-electron chi connectivity index (χ2n) is 6.21. The molecule has 1 amide bonds. The molecular weight excluding hydrogens is 374 g/mol. The monoisotopic (exact) mass is 391 g/mol. The van der Waals surface area contributed by atoms with Gasteiger partial charge in [-0.25, -0.2) is 4.98 Å². The van der Waals surface area contributed by atoms with E-state index in [1.54, 1.807) is 31.4 Å². The van der Waals surface area contributed by atoms with Crippen molar-refractivity contribution in [2.45, 2.75) is 6.54 Å². The molecule has 3 aromatic carbocycles. The molecular formula is C22H18ClN3O2. The molecule has 0 saturated carbocycles. The second-order valence-corrected chi connectivity index (χ2v) is 6.62. The molecule has 1 aromatic heterocycles. The summed E-state index contributed by atoms with van der Waals surface area (Å²) in [6, 6.07) is 22.6. The van der Waals surface area contributed by atoms with Gasteiger partial charge in [-0.05, 0) is 48.5 Å². The molecule has 0 aliphatic carbocycles. The van der Waals surface area contributed by atoms with Crippen LogP contribution in [-0.4, -0.2) is 22.6 Å². The van der Waals surface area contributed by atoms with Crippen LogP contribution in [0.15, 0.2) is 72.8 Å². The van der Waals surface area contributed by atoms with Gasteiger partial charge < -0.3 is 10.1 Å². The summed E-state index contributed by atoms with van der Waals surface area (Å²) >= 11 is 6.13. The number of imidazole rings is 1. The predicted molar refractivity (Wildman–Crippen MR) is 110 cm³/mol. The average Bonchev–Trinajstić information content (AvgIpc) is 3.11. The highest BCUT2D eigenvalue weighted by Crippen LogP contribution is 2.23. The van der Waals surface area contributed by atoms with Crippen LogP contribution < -0.4 is 10.1 Å². The third kappa shape index (κ3) is 3.44. The first-order valence-electron chi connectivity index (χ1n) is 8.81. The van der Waals surface area contributed by atoms with Crippen LogP contribution in [0.1, 0.15) is 16.2 Å². The van der Waals surface area contributed by atoms with E-state index in [1.165, 1.54) is 0 Å². The van der Waals surface area contributed by atoms with Gasteiger partial charge in [0, 0.05) is 5.69 Å². The standard InChI is InChI=1S/C22H18ClN3O2/c1-28-16-12-10-15(11-13-16)26-20-9-5-4-8-19(20)25-21(26)14-24-22(27)17-6-2-3-7-18(17)23/h2-13H,14H2,1H3,(H,24,27). The van der Waals surface area contributed by atoms with E-state index >= 15 is 0 Å². The van der Waals surface area contributed by atoms with E-state index in [2.05, 4.69) is 5.32 Å². The quantitative estimate of drug-likeness (QED) is 0.540. The third-order valence-corrected chi connectivity index (χ3v) is 4.82. The van der Waals surface area contributed by atoms with Gasteiger partial charge in [-0.3, -0.25) is 9.36 Å². The van der Waals surface area contributed by atoms with Gasteiger partial charge in [0.2, 0.25) is 0 Å². The fraction of sp³-hybridized carbons (Fsp3) is 0.0909. The number of carbonyl (C=O) groups is 1. The Bertz CT molecular complexity index is 1140. The molecule has 0 fully saturated rings. The van der Waals surface area contributed by atoms with Gasteiger partial charge in [-0.2, -0.15) is 0 Å². The second kappa shape index (κ2) is 7.74.